The molecule has 9 heteroatoms. The highest BCUT2D eigenvalue weighted by molar-refractivity contribution is 9.11. The number of halogens is 3. The molecule has 1 amide bonds. The number of H-pyrrole nitrogens is 1. The van der Waals surface area contributed by atoms with E-state index in [2.05, 4.69) is 76.8 Å². The summed E-state index contributed by atoms with van der Waals surface area (Å²) in [6.07, 6.45) is 0. The molecule has 1 heterocycles. The first kappa shape index (κ1) is 23.0. The number of aromatic hydroxyl groups is 1. The van der Waals surface area contributed by atoms with E-state index in [4.69, 9.17) is 4.74 Å². The number of aromatic nitrogens is 1. The van der Waals surface area contributed by atoms with Crippen LogP contribution >= 0.6 is 47.8 Å². The first-order chi connectivity index (χ1) is 14.1. The summed E-state index contributed by atoms with van der Waals surface area (Å²) < 4.78 is 8.35. The van der Waals surface area contributed by atoms with Gasteiger partial charge in [0.25, 0.3) is 0 Å². The maximum absolute atomic E-state index is 12.3. The van der Waals surface area contributed by atoms with E-state index >= 15 is 0 Å². The van der Waals surface area contributed by atoms with E-state index in [1.165, 1.54) is 0 Å². The molecule has 0 bridgehead atoms. The van der Waals surface area contributed by atoms with E-state index in [0.717, 1.165) is 30.1 Å². The number of rotatable bonds is 5. The SMILES string of the molecule is Cc1cc(Br)c2[nH]c(O)c(N=NC(=O)COc3c(C(C)C)cc(Br)c(C)c3Br)c2c1. The molecule has 2 N–H and O–H groups in total. The average molecular weight is 602 g/mol. The molecule has 0 fully saturated rings. The van der Waals surface area contributed by atoms with Crippen LogP contribution < -0.4 is 4.74 Å². The number of amides is 1. The number of hydrogen-bond acceptors (Lipinski definition) is 4. The summed E-state index contributed by atoms with van der Waals surface area (Å²) in [5.41, 5.74) is 3.83. The van der Waals surface area contributed by atoms with Gasteiger partial charge in [-0.1, -0.05) is 29.8 Å². The molecule has 6 nitrogen and oxygen atoms in total. The number of ether oxygens (including phenoxy) is 1. The minimum Gasteiger partial charge on any atom is -0.493 e. The normalized spacial score (nSPS) is 11.7. The van der Waals surface area contributed by atoms with Gasteiger partial charge in [-0.15, -0.1) is 10.2 Å². The second-order valence-electron chi connectivity index (χ2n) is 7.24. The second-order valence-corrected chi connectivity index (χ2v) is 9.75. The molecule has 0 unspecified atom stereocenters. The summed E-state index contributed by atoms with van der Waals surface area (Å²) in [6, 6.07) is 5.78. The molecule has 30 heavy (non-hydrogen) atoms. The van der Waals surface area contributed by atoms with Crippen molar-refractivity contribution in [1.29, 1.82) is 0 Å². The van der Waals surface area contributed by atoms with Gasteiger partial charge in [-0.2, -0.15) is 0 Å². The van der Waals surface area contributed by atoms with Crippen molar-refractivity contribution in [2.45, 2.75) is 33.6 Å². The van der Waals surface area contributed by atoms with Crippen LogP contribution in [-0.4, -0.2) is 22.6 Å². The van der Waals surface area contributed by atoms with E-state index in [-0.39, 0.29) is 24.1 Å². The van der Waals surface area contributed by atoms with Crippen molar-refractivity contribution in [2.24, 2.45) is 10.2 Å². The molecule has 2 aromatic carbocycles. The third-order valence-electron chi connectivity index (χ3n) is 4.61. The number of aryl methyl sites for hydroxylation is 1. The van der Waals surface area contributed by atoms with E-state index in [9.17, 15) is 9.90 Å². The lowest BCUT2D eigenvalue weighted by Gasteiger charge is -2.17. The maximum atomic E-state index is 12.3. The van der Waals surface area contributed by atoms with Crippen LogP contribution in [0.2, 0.25) is 0 Å². The molecule has 0 spiro atoms. The third kappa shape index (κ3) is 4.63. The van der Waals surface area contributed by atoms with Gasteiger partial charge >= 0.3 is 5.91 Å². The number of fused-ring (bicyclic) bond motifs is 1. The van der Waals surface area contributed by atoms with Crippen molar-refractivity contribution < 1.29 is 14.6 Å². The van der Waals surface area contributed by atoms with Gasteiger partial charge in [0.15, 0.2) is 12.3 Å². The summed E-state index contributed by atoms with van der Waals surface area (Å²) >= 11 is 10.6. The van der Waals surface area contributed by atoms with Gasteiger partial charge in [-0.05, 0) is 86.5 Å². The molecular formula is C21H20Br3N3O3. The van der Waals surface area contributed by atoms with Crippen molar-refractivity contribution in [3.8, 4) is 11.6 Å². The molecule has 3 rings (SSSR count). The molecule has 0 saturated carbocycles. The topological polar surface area (TPSA) is 87.0 Å². The number of nitrogens with zero attached hydrogens (tertiary/aromatic N) is 2. The van der Waals surface area contributed by atoms with Crippen LogP contribution in [-0.2, 0) is 4.79 Å². The molecule has 1 aromatic heterocycles. The first-order valence-corrected chi connectivity index (χ1v) is 11.5. The quantitative estimate of drug-likeness (QED) is 0.295. The number of carbonyl (C=O) groups excluding carboxylic acids is 1. The van der Waals surface area contributed by atoms with Crippen molar-refractivity contribution in [3.05, 3.63) is 48.3 Å². The van der Waals surface area contributed by atoms with E-state index < -0.39 is 5.91 Å². The highest BCUT2D eigenvalue weighted by atomic mass is 79.9. The Morgan fingerprint density at radius 3 is 2.53 bits per heavy atom. The molecule has 0 aliphatic rings. The number of carbonyl (C=O) groups is 1. The largest absolute Gasteiger partial charge is 0.493 e. The van der Waals surface area contributed by atoms with Gasteiger partial charge in [0.2, 0.25) is 5.88 Å². The minimum absolute atomic E-state index is 0.151. The Morgan fingerprint density at radius 1 is 1.17 bits per heavy atom. The summed E-state index contributed by atoms with van der Waals surface area (Å²) in [7, 11) is 0. The van der Waals surface area contributed by atoms with Crippen LogP contribution in [0.5, 0.6) is 11.6 Å². The first-order valence-electron chi connectivity index (χ1n) is 9.16. The lowest BCUT2D eigenvalue weighted by Crippen LogP contribution is -2.10. The van der Waals surface area contributed by atoms with Gasteiger partial charge in [0, 0.05) is 14.3 Å². The third-order valence-corrected chi connectivity index (χ3v) is 7.02. The highest BCUT2D eigenvalue weighted by Gasteiger charge is 2.18. The average Bonchev–Trinajstić information content (AvgIpc) is 2.99. The summed E-state index contributed by atoms with van der Waals surface area (Å²) in [6.45, 7) is 7.72. The zero-order chi connectivity index (χ0) is 22.2. The van der Waals surface area contributed by atoms with Gasteiger partial charge in [-0.25, -0.2) is 0 Å². The van der Waals surface area contributed by atoms with E-state index in [0.29, 0.717) is 16.7 Å². The van der Waals surface area contributed by atoms with Crippen LogP contribution in [0, 0.1) is 13.8 Å². The molecule has 158 valence electrons. The van der Waals surface area contributed by atoms with Gasteiger partial charge in [-0.3, -0.25) is 4.79 Å². The number of nitrogens with one attached hydrogen (secondary N) is 1. The van der Waals surface area contributed by atoms with Crippen LogP contribution in [0.15, 0.2) is 41.8 Å². The minimum atomic E-state index is -0.558. The number of aromatic amines is 1. The number of hydrogen-bond donors (Lipinski definition) is 2. The molecule has 0 aliphatic heterocycles. The monoisotopic (exact) mass is 599 g/mol. The molecule has 3 aromatic rings. The fourth-order valence-corrected chi connectivity index (χ4v) is 4.96. The summed E-state index contributed by atoms with van der Waals surface area (Å²) in [4.78, 5) is 15.2. The summed E-state index contributed by atoms with van der Waals surface area (Å²) in [5.74, 6) is 0.110. The molecule has 0 aliphatic carbocycles. The van der Waals surface area contributed by atoms with Crippen molar-refractivity contribution in [2.75, 3.05) is 6.61 Å². The van der Waals surface area contributed by atoms with E-state index in [1.54, 1.807) is 0 Å². The van der Waals surface area contributed by atoms with Crippen molar-refractivity contribution >= 4 is 70.3 Å². The van der Waals surface area contributed by atoms with Gasteiger partial charge in [0.1, 0.15) is 5.75 Å². The highest BCUT2D eigenvalue weighted by Crippen LogP contribution is 2.41. The molecule has 0 atom stereocenters. The van der Waals surface area contributed by atoms with Gasteiger partial charge < -0.3 is 14.8 Å². The second kappa shape index (κ2) is 9.20. The predicted octanol–water partition coefficient (Wildman–Crippen LogP) is 7.59. The zero-order valence-corrected chi connectivity index (χ0v) is 21.6. The Hall–Kier alpha value is -1.71. The van der Waals surface area contributed by atoms with Crippen LogP contribution in [0.1, 0.15) is 36.5 Å². The molecule has 0 radical (unpaired) electrons. The molecular weight excluding hydrogens is 582 g/mol. The van der Waals surface area contributed by atoms with Gasteiger partial charge in [0.05, 0.1) is 9.99 Å². The van der Waals surface area contributed by atoms with Crippen LogP contribution in [0.3, 0.4) is 0 Å². The van der Waals surface area contributed by atoms with Crippen LogP contribution in [0.25, 0.3) is 10.9 Å². The smallest absolute Gasteiger partial charge is 0.302 e. The summed E-state index contributed by atoms with van der Waals surface area (Å²) in [5, 5.41) is 18.6. The van der Waals surface area contributed by atoms with Crippen molar-refractivity contribution in [3.63, 3.8) is 0 Å². The fraction of sp³-hybridized carbons (Fsp3) is 0.286. The Balaban J connectivity index is 1.83. The fourth-order valence-electron chi connectivity index (χ4n) is 3.02. The molecule has 0 saturated heterocycles. The Kier molecular flexibility index (Phi) is 7.04. The maximum Gasteiger partial charge on any atom is 0.302 e. The Bertz CT molecular complexity index is 1170. The number of azo groups is 1. The lowest BCUT2D eigenvalue weighted by atomic mass is 10.0. The van der Waals surface area contributed by atoms with Crippen molar-refractivity contribution in [1.82, 2.24) is 4.98 Å². The van der Waals surface area contributed by atoms with Crippen LogP contribution in [0.4, 0.5) is 5.69 Å². The zero-order valence-electron chi connectivity index (χ0n) is 16.8. The number of benzene rings is 2. The van der Waals surface area contributed by atoms with E-state index in [1.807, 2.05) is 32.0 Å². The lowest BCUT2D eigenvalue weighted by molar-refractivity contribution is -0.120. The predicted molar refractivity (Wildman–Crippen MR) is 128 cm³/mol. The Morgan fingerprint density at radius 2 is 1.87 bits per heavy atom. The Labute approximate surface area is 199 Å². The standard InChI is InChI=1S/C21H20Br3N3O3/c1-9(2)12-7-14(22)11(4)17(24)20(12)30-8-16(28)26-27-19-13-5-10(3)6-15(23)18(13)25-21(19)29/h5-7,9,25,29H,8H2,1-4H3.